The van der Waals surface area contributed by atoms with E-state index in [1.54, 1.807) is 7.11 Å². The maximum absolute atomic E-state index is 12.1. The zero-order chi connectivity index (χ0) is 16.7. The van der Waals surface area contributed by atoms with Crippen LogP contribution >= 0.6 is 12.4 Å². The zero-order valence-corrected chi connectivity index (χ0v) is 15.9. The maximum atomic E-state index is 12.1. The van der Waals surface area contributed by atoms with Crippen molar-refractivity contribution in [2.75, 3.05) is 26.7 Å². The highest BCUT2D eigenvalue weighted by atomic mass is 35.5. The normalized spacial score (nSPS) is 18.4. The van der Waals surface area contributed by atoms with Gasteiger partial charge in [-0.15, -0.1) is 12.4 Å². The third kappa shape index (κ3) is 6.33. The number of nitrogens with one attached hydrogen (secondary N) is 2. The van der Waals surface area contributed by atoms with Crippen molar-refractivity contribution in [3.63, 3.8) is 0 Å². The molecule has 2 rings (SSSR count). The number of ether oxygens (including phenoxy) is 1. The summed E-state index contributed by atoms with van der Waals surface area (Å²) < 4.78 is 5.34. The van der Waals surface area contributed by atoms with Gasteiger partial charge < -0.3 is 15.4 Å². The second kappa shape index (κ2) is 10.6. The lowest BCUT2D eigenvalue weighted by Gasteiger charge is -2.28. The number of aryl methyl sites for hydroxylation is 1. The molecule has 0 radical (unpaired) electrons. The molecule has 1 aromatic rings. The quantitative estimate of drug-likeness (QED) is 0.791. The van der Waals surface area contributed by atoms with Gasteiger partial charge in [0.15, 0.2) is 0 Å². The molecule has 1 aliphatic heterocycles. The van der Waals surface area contributed by atoms with Crippen LogP contribution in [-0.4, -0.2) is 32.7 Å². The Kier molecular flexibility index (Phi) is 9.16. The van der Waals surface area contributed by atoms with Gasteiger partial charge >= 0.3 is 0 Å². The molecule has 136 valence electrons. The van der Waals surface area contributed by atoms with Gasteiger partial charge in [-0.05, 0) is 68.3 Å². The van der Waals surface area contributed by atoms with E-state index in [1.807, 2.05) is 6.92 Å². The number of benzene rings is 1. The SMILES string of the molecule is COc1cc(CCNC(=O)CC(C)C2CCCNC2)ccc1C.Cl. The van der Waals surface area contributed by atoms with E-state index in [0.717, 1.165) is 30.8 Å². The maximum Gasteiger partial charge on any atom is 0.220 e. The van der Waals surface area contributed by atoms with E-state index in [4.69, 9.17) is 4.74 Å². The number of halogens is 1. The molecule has 24 heavy (non-hydrogen) atoms. The average Bonchev–Trinajstić information content (AvgIpc) is 2.57. The average molecular weight is 355 g/mol. The molecule has 1 fully saturated rings. The van der Waals surface area contributed by atoms with Crippen LogP contribution in [-0.2, 0) is 11.2 Å². The second-order valence-electron chi connectivity index (χ2n) is 6.69. The van der Waals surface area contributed by atoms with Crippen LogP contribution in [0.4, 0.5) is 0 Å². The van der Waals surface area contributed by atoms with Crippen molar-refractivity contribution in [2.24, 2.45) is 11.8 Å². The monoisotopic (exact) mass is 354 g/mol. The highest BCUT2D eigenvalue weighted by Gasteiger charge is 2.21. The van der Waals surface area contributed by atoms with Gasteiger partial charge in [0.1, 0.15) is 5.75 Å². The van der Waals surface area contributed by atoms with Gasteiger partial charge in [-0.1, -0.05) is 19.1 Å². The van der Waals surface area contributed by atoms with Crippen molar-refractivity contribution in [1.82, 2.24) is 10.6 Å². The fraction of sp³-hybridized carbons (Fsp3) is 0.632. The molecule has 0 aliphatic carbocycles. The molecular formula is C19H31ClN2O2. The van der Waals surface area contributed by atoms with Crippen molar-refractivity contribution < 1.29 is 9.53 Å². The smallest absolute Gasteiger partial charge is 0.220 e. The Bertz CT molecular complexity index is 516. The van der Waals surface area contributed by atoms with Gasteiger partial charge in [0.05, 0.1) is 7.11 Å². The molecule has 0 spiro atoms. The first-order chi connectivity index (χ1) is 11.1. The highest BCUT2D eigenvalue weighted by Crippen LogP contribution is 2.22. The summed E-state index contributed by atoms with van der Waals surface area (Å²) in [5.41, 5.74) is 2.33. The van der Waals surface area contributed by atoms with Crippen LogP contribution in [0, 0.1) is 18.8 Å². The van der Waals surface area contributed by atoms with Crippen molar-refractivity contribution >= 4 is 18.3 Å². The van der Waals surface area contributed by atoms with E-state index in [1.165, 1.54) is 18.4 Å². The summed E-state index contributed by atoms with van der Waals surface area (Å²) in [5.74, 6) is 2.16. The van der Waals surface area contributed by atoms with Gasteiger partial charge in [-0.3, -0.25) is 4.79 Å². The van der Waals surface area contributed by atoms with E-state index in [9.17, 15) is 4.79 Å². The number of amides is 1. The first-order valence-corrected chi connectivity index (χ1v) is 8.71. The predicted molar refractivity (Wildman–Crippen MR) is 101 cm³/mol. The molecule has 0 saturated carbocycles. The van der Waals surface area contributed by atoms with E-state index in [2.05, 4.69) is 35.8 Å². The molecule has 5 heteroatoms. The summed E-state index contributed by atoms with van der Waals surface area (Å²) in [6, 6.07) is 6.21. The minimum atomic E-state index is 0. The summed E-state index contributed by atoms with van der Waals surface area (Å²) in [6.07, 6.45) is 3.93. The Morgan fingerprint density at radius 3 is 2.92 bits per heavy atom. The lowest BCUT2D eigenvalue weighted by atomic mass is 9.85. The minimum absolute atomic E-state index is 0. The van der Waals surface area contributed by atoms with Crippen molar-refractivity contribution in [1.29, 1.82) is 0 Å². The Morgan fingerprint density at radius 1 is 1.46 bits per heavy atom. The van der Waals surface area contributed by atoms with Crippen molar-refractivity contribution in [3.8, 4) is 5.75 Å². The number of hydrogen-bond acceptors (Lipinski definition) is 3. The van der Waals surface area contributed by atoms with Gasteiger partial charge in [0, 0.05) is 13.0 Å². The predicted octanol–water partition coefficient (Wildman–Crippen LogP) is 3.11. The number of carbonyl (C=O) groups excluding carboxylic acids is 1. The molecule has 2 unspecified atom stereocenters. The summed E-state index contributed by atoms with van der Waals surface area (Å²) in [4.78, 5) is 12.1. The number of carbonyl (C=O) groups is 1. The van der Waals surface area contributed by atoms with Gasteiger partial charge in [0.25, 0.3) is 0 Å². The van der Waals surface area contributed by atoms with Crippen molar-refractivity contribution in [3.05, 3.63) is 29.3 Å². The molecule has 1 heterocycles. The first-order valence-electron chi connectivity index (χ1n) is 8.71. The Hall–Kier alpha value is -1.26. The summed E-state index contributed by atoms with van der Waals surface area (Å²) in [5, 5.41) is 6.48. The van der Waals surface area contributed by atoms with E-state index in [-0.39, 0.29) is 18.3 Å². The standard InChI is InChI=1S/C19H30N2O2.ClH/c1-14-6-7-16(12-18(14)23-3)8-10-21-19(22)11-15(2)17-5-4-9-20-13-17;/h6-7,12,15,17,20H,4-5,8-11,13H2,1-3H3,(H,21,22);1H. The second-order valence-corrected chi connectivity index (χ2v) is 6.69. The third-order valence-corrected chi connectivity index (χ3v) is 4.86. The minimum Gasteiger partial charge on any atom is -0.496 e. The number of piperidine rings is 1. The first kappa shape index (κ1) is 20.8. The summed E-state index contributed by atoms with van der Waals surface area (Å²) >= 11 is 0. The molecule has 0 aromatic heterocycles. The van der Waals surface area contributed by atoms with Crippen LogP contribution in [0.1, 0.15) is 37.3 Å². The fourth-order valence-electron chi connectivity index (χ4n) is 3.26. The lowest BCUT2D eigenvalue weighted by Crippen LogP contribution is -2.36. The van der Waals surface area contributed by atoms with E-state index < -0.39 is 0 Å². The molecule has 1 saturated heterocycles. The Balaban J connectivity index is 0.00000288. The van der Waals surface area contributed by atoms with Crippen LogP contribution < -0.4 is 15.4 Å². The van der Waals surface area contributed by atoms with Crippen LogP contribution in [0.15, 0.2) is 18.2 Å². The summed E-state index contributed by atoms with van der Waals surface area (Å²) in [7, 11) is 1.69. The fourth-order valence-corrected chi connectivity index (χ4v) is 3.26. The highest BCUT2D eigenvalue weighted by molar-refractivity contribution is 5.85. The topological polar surface area (TPSA) is 50.4 Å². The Labute approximate surface area is 152 Å². The van der Waals surface area contributed by atoms with Crippen LogP contribution in [0.2, 0.25) is 0 Å². The lowest BCUT2D eigenvalue weighted by molar-refractivity contribution is -0.122. The zero-order valence-electron chi connectivity index (χ0n) is 15.1. The number of methoxy groups -OCH3 is 1. The van der Waals surface area contributed by atoms with E-state index >= 15 is 0 Å². The Morgan fingerprint density at radius 2 is 2.25 bits per heavy atom. The van der Waals surface area contributed by atoms with Gasteiger partial charge in [0.2, 0.25) is 5.91 Å². The largest absolute Gasteiger partial charge is 0.496 e. The van der Waals surface area contributed by atoms with Crippen LogP contribution in [0.3, 0.4) is 0 Å². The third-order valence-electron chi connectivity index (χ3n) is 4.86. The van der Waals surface area contributed by atoms with Gasteiger partial charge in [-0.25, -0.2) is 0 Å². The summed E-state index contributed by atoms with van der Waals surface area (Å²) in [6.45, 7) is 7.09. The molecule has 1 amide bonds. The molecule has 2 atom stereocenters. The molecule has 4 nitrogen and oxygen atoms in total. The van der Waals surface area contributed by atoms with Crippen LogP contribution in [0.25, 0.3) is 0 Å². The molecular weight excluding hydrogens is 324 g/mol. The molecule has 1 aliphatic rings. The number of rotatable bonds is 7. The molecule has 0 bridgehead atoms. The van der Waals surface area contributed by atoms with E-state index in [0.29, 0.717) is 24.8 Å². The molecule has 2 N–H and O–H groups in total. The van der Waals surface area contributed by atoms with Crippen LogP contribution in [0.5, 0.6) is 5.75 Å². The molecule has 1 aromatic carbocycles. The van der Waals surface area contributed by atoms with Gasteiger partial charge in [-0.2, -0.15) is 0 Å². The number of hydrogen-bond donors (Lipinski definition) is 2. The van der Waals surface area contributed by atoms with Crippen molar-refractivity contribution in [2.45, 2.75) is 39.5 Å².